The van der Waals surface area contributed by atoms with Gasteiger partial charge >= 0.3 is 5.97 Å². The van der Waals surface area contributed by atoms with E-state index in [9.17, 15) is 9.59 Å². The van der Waals surface area contributed by atoms with Crippen molar-refractivity contribution in [2.24, 2.45) is 0 Å². The zero-order chi connectivity index (χ0) is 13.5. The van der Waals surface area contributed by atoms with Crippen LogP contribution in [0, 0.1) is 0 Å². The van der Waals surface area contributed by atoms with Crippen LogP contribution in [-0.2, 0) is 20.7 Å². The van der Waals surface area contributed by atoms with E-state index in [4.69, 9.17) is 0 Å². The number of nitrogens with one attached hydrogen (secondary N) is 1. The molecule has 18 heavy (non-hydrogen) atoms. The predicted molar refractivity (Wildman–Crippen MR) is 69.6 cm³/mol. The summed E-state index contributed by atoms with van der Waals surface area (Å²) in [5.41, 5.74) is 0. The summed E-state index contributed by atoms with van der Waals surface area (Å²) in [5.74, 6) is 0.442. The lowest BCUT2D eigenvalue weighted by Crippen LogP contribution is -2.42. The first kappa shape index (κ1) is 14.9. The van der Waals surface area contributed by atoms with Crippen LogP contribution in [0.15, 0.2) is 4.34 Å². The molecule has 6 nitrogen and oxygen atoms in total. The number of amides is 1. The zero-order valence-corrected chi connectivity index (χ0v) is 12.1. The van der Waals surface area contributed by atoms with E-state index in [1.807, 2.05) is 6.92 Å². The minimum Gasteiger partial charge on any atom is -0.467 e. The fourth-order valence-electron chi connectivity index (χ4n) is 1.15. The summed E-state index contributed by atoms with van der Waals surface area (Å²) in [7, 11) is 1.29. The topological polar surface area (TPSA) is 81.2 Å². The Kier molecular flexibility index (Phi) is 6.06. The van der Waals surface area contributed by atoms with Crippen LogP contribution in [0.2, 0.25) is 0 Å². The van der Waals surface area contributed by atoms with Gasteiger partial charge in [0.2, 0.25) is 5.91 Å². The molecule has 1 amide bonds. The van der Waals surface area contributed by atoms with Crippen molar-refractivity contribution >= 4 is 35.2 Å². The van der Waals surface area contributed by atoms with Crippen LogP contribution in [0.1, 0.15) is 19.7 Å². The molecule has 0 fully saturated rings. The number of aromatic nitrogens is 2. The molecule has 1 rings (SSSR count). The van der Waals surface area contributed by atoms with Gasteiger partial charge in [-0.2, -0.15) is 4.37 Å². The monoisotopic (exact) mass is 289 g/mol. The number of hydrogen-bond donors (Lipinski definition) is 1. The van der Waals surface area contributed by atoms with Gasteiger partial charge in [-0.3, -0.25) is 4.79 Å². The SMILES string of the molecule is CCc1nsc(SCC(NC(C)=O)C(=O)OC)n1. The number of aryl methyl sites for hydroxylation is 1. The summed E-state index contributed by atoms with van der Waals surface area (Å²) in [6, 6.07) is -0.661. The molecule has 1 heterocycles. The summed E-state index contributed by atoms with van der Waals surface area (Å²) >= 11 is 2.67. The van der Waals surface area contributed by atoms with Crippen LogP contribution in [0.3, 0.4) is 0 Å². The van der Waals surface area contributed by atoms with Crippen LogP contribution < -0.4 is 5.32 Å². The van der Waals surface area contributed by atoms with Gasteiger partial charge in [0.25, 0.3) is 0 Å². The van der Waals surface area contributed by atoms with Crippen molar-refractivity contribution < 1.29 is 14.3 Å². The highest BCUT2D eigenvalue weighted by Crippen LogP contribution is 2.21. The summed E-state index contributed by atoms with van der Waals surface area (Å²) in [6.07, 6.45) is 0.781. The number of carbonyl (C=O) groups is 2. The van der Waals surface area contributed by atoms with E-state index in [1.54, 1.807) is 0 Å². The van der Waals surface area contributed by atoms with E-state index >= 15 is 0 Å². The third kappa shape index (κ3) is 4.61. The quantitative estimate of drug-likeness (QED) is 0.618. The summed E-state index contributed by atoms with van der Waals surface area (Å²) in [4.78, 5) is 26.7. The highest BCUT2D eigenvalue weighted by molar-refractivity contribution is 8.01. The average molecular weight is 289 g/mol. The third-order valence-electron chi connectivity index (χ3n) is 2.00. The molecule has 0 radical (unpaired) electrons. The number of thioether (sulfide) groups is 1. The maximum absolute atomic E-state index is 11.4. The standard InChI is InChI=1S/C10H15N3O3S2/c1-4-8-12-10(18-13-8)17-5-7(9(15)16-3)11-6(2)14/h7H,4-5H2,1-3H3,(H,11,14). The second-order valence-corrected chi connectivity index (χ2v) is 5.44. The van der Waals surface area contributed by atoms with Gasteiger partial charge in [0.1, 0.15) is 11.9 Å². The molecular formula is C10H15N3O3S2. The number of esters is 1. The lowest BCUT2D eigenvalue weighted by atomic mass is 10.3. The smallest absolute Gasteiger partial charge is 0.329 e. The summed E-state index contributed by atoms with van der Waals surface area (Å²) in [5, 5.41) is 2.54. The van der Waals surface area contributed by atoms with Gasteiger partial charge in [-0.1, -0.05) is 18.7 Å². The first-order valence-electron chi connectivity index (χ1n) is 5.37. The Labute approximate surface area is 114 Å². The summed E-state index contributed by atoms with van der Waals surface area (Å²) < 4.78 is 9.56. The lowest BCUT2D eigenvalue weighted by Gasteiger charge is -2.13. The Morgan fingerprint density at radius 3 is 2.78 bits per heavy atom. The molecular weight excluding hydrogens is 274 g/mol. The average Bonchev–Trinajstić information content (AvgIpc) is 2.81. The number of ether oxygens (including phenoxy) is 1. The highest BCUT2D eigenvalue weighted by atomic mass is 32.2. The van der Waals surface area contributed by atoms with Gasteiger partial charge in [0.15, 0.2) is 4.34 Å². The molecule has 0 bridgehead atoms. The second-order valence-electron chi connectivity index (χ2n) is 3.42. The molecule has 1 aromatic rings. The lowest BCUT2D eigenvalue weighted by molar-refractivity contribution is -0.144. The Hall–Kier alpha value is -1.15. The van der Waals surface area contributed by atoms with Gasteiger partial charge in [0.05, 0.1) is 7.11 Å². The Morgan fingerprint density at radius 1 is 1.56 bits per heavy atom. The van der Waals surface area contributed by atoms with Gasteiger partial charge in [-0.25, -0.2) is 9.78 Å². The molecule has 0 saturated carbocycles. The van der Waals surface area contributed by atoms with E-state index in [1.165, 1.54) is 37.3 Å². The van der Waals surface area contributed by atoms with Gasteiger partial charge in [-0.15, -0.1) is 0 Å². The largest absolute Gasteiger partial charge is 0.467 e. The Balaban J connectivity index is 2.55. The Morgan fingerprint density at radius 2 is 2.28 bits per heavy atom. The number of rotatable bonds is 6. The fraction of sp³-hybridized carbons (Fsp3) is 0.600. The van der Waals surface area contributed by atoms with Crippen molar-refractivity contribution in [2.75, 3.05) is 12.9 Å². The van der Waals surface area contributed by atoms with E-state index in [0.717, 1.165) is 16.6 Å². The molecule has 0 saturated heterocycles. The van der Waals surface area contributed by atoms with Crippen LogP contribution in [-0.4, -0.2) is 40.1 Å². The maximum Gasteiger partial charge on any atom is 0.329 e. The molecule has 1 atom stereocenters. The van der Waals surface area contributed by atoms with Gasteiger partial charge in [0, 0.05) is 19.1 Å². The molecule has 1 aromatic heterocycles. The van der Waals surface area contributed by atoms with E-state index < -0.39 is 12.0 Å². The van der Waals surface area contributed by atoms with Crippen LogP contribution in [0.25, 0.3) is 0 Å². The number of hydrogen-bond acceptors (Lipinski definition) is 7. The van der Waals surface area contributed by atoms with Crippen LogP contribution >= 0.6 is 23.3 Å². The van der Waals surface area contributed by atoms with E-state index in [-0.39, 0.29) is 5.91 Å². The number of methoxy groups -OCH3 is 1. The molecule has 0 aliphatic heterocycles. The second kappa shape index (κ2) is 7.32. The normalized spacial score (nSPS) is 11.9. The fourth-order valence-corrected chi connectivity index (χ4v) is 2.88. The molecule has 100 valence electrons. The molecule has 1 N–H and O–H groups in total. The maximum atomic E-state index is 11.4. The first-order valence-corrected chi connectivity index (χ1v) is 7.13. The van der Waals surface area contributed by atoms with Crippen molar-refractivity contribution in [1.82, 2.24) is 14.7 Å². The third-order valence-corrected chi connectivity index (χ3v) is 3.97. The molecule has 0 aliphatic rings. The van der Waals surface area contributed by atoms with Crippen molar-refractivity contribution in [3.8, 4) is 0 Å². The molecule has 1 unspecified atom stereocenters. The molecule has 0 spiro atoms. The predicted octanol–water partition coefficient (Wildman–Crippen LogP) is 0.870. The first-order chi connectivity index (χ1) is 8.56. The Bertz CT molecular complexity index is 422. The molecule has 8 heteroatoms. The van der Waals surface area contributed by atoms with Crippen LogP contribution in [0.5, 0.6) is 0 Å². The van der Waals surface area contributed by atoms with Crippen molar-refractivity contribution in [2.45, 2.75) is 30.6 Å². The van der Waals surface area contributed by atoms with Crippen molar-refractivity contribution in [1.29, 1.82) is 0 Å². The molecule has 0 aliphatic carbocycles. The van der Waals surface area contributed by atoms with Crippen molar-refractivity contribution in [3.05, 3.63) is 5.82 Å². The highest BCUT2D eigenvalue weighted by Gasteiger charge is 2.21. The summed E-state index contributed by atoms with van der Waals surface area (Å²) in [6.45, 7) is 3.34. The minimum absolute atomic E-state index is 0.266. The number of carbonyl (C=O) groups excluding carboxylic acids is 2. The van der Waals surface area contributed by atoms with Crippen LogP contribution in [0.4, 0.5) is 0 Å². The van der Waals surface area contributed by atoms with E-state index in [0.29, 0.717) is 5.75 Å². The molecule has 0 aromatic carbocycles. The number of nitrogens with zero attached hydrogens (tertiary/aromatic N) is 2. The van der Waals surface area contributed by atoms with Gasteiger partial charge in [-0.05, 0) is 11.5 Å². The van der Waals surface area contributed by atoms with Gasteiger partial charge < -0.3 is 10.1 Å². The van der Waals surface area contributed by atoms with Crippen molar-refractivity contribution in [3.63, 3.8) is 0 Å². The minimum atomic E-state index is -0.661. The zero-order valence-electron chi connectivity index (χ0n) is 10.4. The van der Waals surface area contributed by atoms with E-state index in [2.05, 4.69) is 19.4 Å².